The van der Waals surface area contributed by atoms with E-state index < -0.39 is 0 Å². The first-order valence-corrected chi connectivity index (χ1v) is 9.21. The van der Waals surface area contributed by atoms with Gasteiger partial charge in [0.25, 0.3) is 5.91 Å². The fraction of sp³-hybridized carbons (Fsp3) is 0.438. The molecule has 3 rings (SSSR count). The minimum absolute atomic E-state index is 0.0468. The van der Waals surface area contributed by atoms with Gasteiger partial charge >= 0.3 is 0 Å². The van der Waals surface area contributed by atoms with E-state index in [0.29, 0.717) is 18.2 Å². The molecule has 1 amide bonds. The summed E-state index contributed by atoms with van der Waals surface area (Å²) in [4.78, 5) is 25.5. The van der Waals surface area contributed by atoms with Crippen molar-refractivity contribution in [3.8, 4) is 0 Å². The zero-order valence-electron chi connectivity index (χ0n) is 14.0. The topological polar surface area (TPSA) is 50.5 Å². The summed E-state index contributed by atoms with van der Waals surface area (Å²) in [6.07, 6.45) is 2.08. The molecule has 0 N–H and O–H groups in total. The number of amides is 1. The Labute approximate surface area is 143 Å². The Morgan fingerprint density at radius 1 is 1.35 bits per heavy atom. The first-order chi connectivity index (χ1) is 10.9. The molecule has 0 aliphatic rings. The third kappa shape index (κ3) is 3.03. The minimum Gasteiger partial charge on any atom is -0.334 e. The Kier molecular flexibility index (Phi) is 4.25. The molecule has 0 saturated heterocycles. The van der Waals surface area contributed by atoms with Crippen LogP contribution in [-0.4, -0.2) is 32.2 Å². The molecule has 5 nitrogen and oxygen atoms in total. The van der Waals surface area contributed by atoms with Gasteiger partial charge in [-0.1, -0.05) is 13.8 Å². The molecule has 0 aliphatic carbocycles. The lowest BCUT2D eigenvalue weighted by atomic mass is 10.2. The van der Waals surface area contributed by atoms with Crippen LogP contribution in [0.5, 0.6) is 0 Å². The Balaban J connectivity index is 1.83. The first-order valence-electron chi connectivity index (χ1n) is 7.51. The maximum atomic E-state index is 12.6. The summed E-state index contributed by atoms with van der Waals surface area (Å²) in [5.41, 5.74) is 2.55. The molecule has 0 saturated carbocycles. The molecular formula is C16H20N4OS2. The van der Waals surface area contributed by atoms with Gasteiger partial charge in [-0.25, -0.2) is 9.97 Å². The fourth-order valence-electron chi connectivity index (χ4n) is 2.44. The molecular weight excluding hydrogens is 328 g/mol. The van der Waals surface area contributed by atoms with E-state index in [9.17, 15) is 4.79 Å². The minimum atomic E-state index is -0.0468. The van der Waals surface area contributed by atoms with E-state index in [1.165, 1.54) is 4.88 Å². The lowest BCUT2D eigenvalue weighted by molar-refractivity contribution is 0.0777. The third-order valence-corrected chi connectivity index (χ3v) is 5.75. The van der Waals surface area contributed by atoms with E-state index in [2.05, 4.69) is 41.3 Å². The fourth-order valence-corrected chi connectivity index (χ4v) is 4.14. The molecule has 0 spiro atoms. The number of thiazole rings is 2. The van der Waals surface area contributed by atoms with Crippen LogP contribution in [0, 0.1) is 13.8 Å². The molecule has 0 unspecified atom stereocenters. The highest BCUT2D eigenvalue weighted by Gasteiger charge is 2.20. The van der Waals surface area contributed by atoms with Crippen molar-refractivity contribution in [2.45, 2.75) is 40.2 Å². The maximum absolute atomic E-state index is 12.6. The van der Waals surface area contributed by atoms with Crippen molar-refractivity contribution in [1.82, 2.24) is 19.3 Å². The van der Waals surface area contributed by atoms with Gasteiger partial charge in [0.05, 0.1) is 22.9 Å². The predicted molar refractivity (Wildman–Crippen MR) is 94.5 cm³/mol. The molecule has 0 aromatic carbocycles. The van der Waals surface area contributed by atoms with Gasteiger partial charge in [-0.3, -0.25) is 9.20 Å². The standard InChI is InChI=1S/C16H20N4OS2/c1-9(2)14-18-12(8-22-14)15(21)19(5)7-13-11(4)17-16-20(13)6-10(3)23-16/h6,8-9H,7H2,1-5H3. The van der Waals surface area contributed by atoms with Crippen LogP contribution in [0.4, 0.5) is 0 Å². The monoisotopic (exact) mass is 348 g/mol. The van der Waals surface area contributed by atoms with Crippen LogP contribution in [0.25, 0.3) is 4.96 Å². The first kappa shape index (κ1) is 16.1. The Morgan fingerprint density at radius 2 is 2.09 bits per heavy atom. The lowest BCUT2D eigenvalue weighted by Crippen LogP contribution is -2.27. The quantitative estimate of drug-likeness (QED) is 0.719. The van der Waals surface area contributed by atoms with Crippen molar-refractivity contribution in [2.75, 3.05) is 7.05 Å². The molecule has 122 valence electrons. The highest BCUT2D eigenvalue weighted by molar-refractivity contribution is 7.17. The number of aryl methyl sites for hydroxylation is 2. The summed E-state index contributed by atoms with van der Waals surface area (Å²) in [6.45, 7) is 8.75. The van der Waals surface area contributed by atoms with Crippen LogP contribution in [0.3, 0.4) is 0 Å². The SMILES string of the molecule is Cc1cn2c(CN(C)C(=O)c3csc(C(C)C)n3)c(C)nc2s1. The van der Waals surface area contributed by atoms with Crippen LogP contribution < -0.4 is 0 Å². The summed E-state index contributed by atoms with van der Waals surface area (Å²) in [6, 6.07) is 0. The number of hydrogen-bond acceptors (Lipinski definition) is 5. The van der Waals surface area contributed by atoms with E-state index in [-0.39, 0.29) is 5.91 Å². The summed E-state index contributed by atoms with van der Waals surface area (Å²) >= 11 is 3.21. The molecule has 0 radical (unpaired) electrons. The van der Waals surface area contributed by atoms with E-state index >= 15 is 0 Å². The Morgan fingerprint density at radius 3 is 2.74 bits per heavy atom. The van der Waals surface area contributed by atoms with Crippen LogP contribution in [-0.2, 0) is 6.54 Å². The molecule has 0 bridgehead atoms. The number of imidazole rings is 1. The molecule has 0 fully saturated rings. The van der Waals surface area contributed by atoms with Crippen molar-refractivity contribution in [2.24, 2.45) is 0 Å². The lowest BCUT2D eigenvalue weighted by Gasteiger charge is -2.16. The highest BCUT2D eigenvalue weighted by atomic mass is 32.1. The largest absolute Gasteiger partial charge is 0.334 e. The normalized spacial score (nSPS) is 11.6. The second-order valence-electron chi connectivity index (χ2n) is 6.03. The van der Waals surface area contributed by atoms with Gasteiger partial charge in [0.1, 0.15) is 5.69 Å². The van der Waals surface area contributed by atoms with Crippen LogP contribution in [0.1, 0.15) is 51.5 Å². The predicted octanol–water partition coefficient (Wildman–Crippen LogP) is 3.86. The van der Waals surface area contributed by atoms with Gasteiger partial charge in [0.15, 0.2) is 4.96 Å². The number of nitrogens with zero attached hydrogens (tertiary/aromatic N) is 4. The molecule has 3 aromatic heterocycles. The van der Waals surface area contributed by atoms with E-state index in [1.807, 2.05) is 19.4 Å². The van der Waals surface area contributed by atoms with Crippen LogP contribution in [0.2, 0.25) is 0 Å². The van der Waals surface area contributed by atoms with Gasteiger partial charge < -0.3 is 4.90 Å². The van der Waals surface area contributed by atoms with Crippen molar-refractivity contribution in [3.05, 3.63) is 38.5 Å². The van der Waals surface area contributed by atoms with Crippen molar-refractivity contribution in [1.29, 1.82) is 0 Å². The zero-order chi connectivity index (χ0) is 16.7. The molecule has 7 heteroatoms. The number of hydrogen-bond donors (Lipinski definition) is 0. The number of carbonyl (C=O) groups excluding carboxylic acids is 1. The van der Waals surface area contributed by atoms with Gasteiger partial charge in [-0.2, -0.15) is 0 Å². The van der Waals surface area contributed by atoms with E-state index in [4.69, 9.17) is 0 Å². The van der Waals surface area contributed by atoms with Gasteiger partial charge in [0.2, 0.25) is 0 Å². The van der Waals surface area contributed by atoms with Crippen LogP contribution in [0.15, 0.2) is 11.6 Å². The smallest absolute Gasteiger partial charge is 0.273 e. The summed E-state index contributed by atoms with van der Waals surface area (Å²) in [7, 11) is 1.81. The zero-order valence-corrected chi connectivity index (χ0v) is 15.6. The summed E-state index contributed by atoms with van der Waals surface area (Å²) in [5.74, 6) is 0.298. The van der Waals surface area contributed by atoms with Gasteiger partial charge in [-0.05, 0) is 13.8 Å². The molecule has 3 aromatic rings. The van der Waals surface area contributed by atoms with E-state index in [1.54, 1.807) is 27.6 Å². The Bertz CT molecular complexity index is 859. The van der Waals surface area contributed by atoms with Gasteiger partial charge in [0, 0.05) is 29.4 Å². The van der Waals surface area contributed by atoms with Gasteiger partial charge in [-0.15, -0.1) is 22.7 Å². The van der Waals surface area contributed by atoms with E-state index in [0.717, 1.165) is 21.4 Å². The van der Waals surface area contributed by atoms with Crippen molar-refractivity contribution >= 4 is 33.5 Å². The maximum Gasteiger partial charge on any atom is 0.273 e. The third-order valence-electron chi connectivity index (χ3n) is 3.71. The second kappa shape index (κ2) is 6.05. The Hall–Kier alpha value is -1.73. The summed E-state index contributed by atoms with van der Waals surface area (Å²) in [5, 5.41) is 2.85. The number of rotatable bonds is 4. The second-order valence-corrected chi connectivity index (χ2v) is 8.13. The molecule has 23 heavy (non-hydrogen) atoms. The number of fused-ring (bicyclic) bond motifs is 1. The average molecular weight is 348 g/mol. The van der Waals surface area contributed by atoms with Crippen LogP contribution >= 0.6 is 22.7 Å². The molecule has 0 atom stereocenters. The highest BCUT2D eigenvalue weighted by Crippen LogP contribution is 2.23. The number of aromatic nitrogens is 3. The molecule has 0 aliphatic heterocycles. The van der Waals surface area contributed by atoms with Crippen molar-refractivity contribution in [3.63, 3.8) is 0 Å². The number of carbonyl (C=O) groups is 1. The average Bonchev–Trinajstić information content (AvgIpc) is 3.15. The van der Waals surface area contributed by atoms with Crippen molar-refractivity contribution < 1.29 is 4.79 Å². The summed E-state index contributed by atoms with van der Waals surface area (Å²) < 4.78 is 2.08. The molecule has 3 heterocycles.